The van der Waals surface area contributed by atoms with E-state index in [0.717, 1.165) is 5.56 Å². The average Bonchev–Trinajstić information content (AvgIpc) is 2.35. The molecule has 0 aliphatic rings. The van der Waals surface area contributed by atoms with Crippen LogP contribution in [0.25, 0.3) is 0 Å². The molecule has 2 aromatic heterocycles. The van der Waals surface area contributed by atoms with Crippen LogP contribution in [0, 0.1) is 11.3 Å². The molecule has 0 aliphatic heterocycles. The van der Waals surface area contributed by atoms with Gasteiger partial charge in [0.2, 0.25) is 0 Å². The summed E-state index contributed by atoms with van der Waals surface area (Å²) in [7, 11) is 0. The molecule has 0 unspecified atom stereocenters. The van der Waals surface area contributed by atoms with Gasteiger partial charge in [0.15, 0.2) is 0 Å². The molecule has 0 aromatic carbocycles. The maximum Gasteiger partial charge on any atom is 0.265 e. The van der Waals surface area contributed by atoms with Crippen molar-refractivity contribution in [2.45, 2.75) is 6.54 Å². The van der Waals surface area contributed by atoms with Crippen LogP contribution in [0.4, 0.5) is 0 Å². The normalized spacial score (nSPS) is 9.88. The first-order valence-electron chi connectivity index (χ1n) is 4.91. The van der Waals surface area contributed by atoms with Crippen molar-refractivity contribution in [3.05, 3.63) is 62.7 Å². The van der Waals surface area contributed by atoms with Crippen LogP contribution in [0.5, 0.6) is 0 Å². The fourth-order valence-electron chi connectivity index (χ4n) is 1.48. The van der Waals surface area contributed by atoms with Crippen molar-refractivity contribution >= 4 is 15.9 Å². The van der Waals surface area contributed by atoms with E-state index >= 15 is 0 Å². The van der Waals surface area contributed by atoms with Gasteiger partial charge in [-0.05, 0) is 34.1 Å². The summed E-state index contributed by atoms with van der Waals surface area (Å²) in [6.45, 7) is 0.342. The zero-order valence-corrected chi connectivity index (χ0v) is 10.4. The number of hydrogen-bond acceptors (Lipinski definition) is 3. The van der Waals surface area contributed by atoms with Crippen LogP contribution in [0.2, 0.25) is 0 Å². The molecule has 2 heterocycles. The Balaban J connectivity index is 2.43. The lowest BCUT2D eigenvalue weighted by molar-refractivity contribution is 0.749. The first kappa shape index (κ1) is 11.6. The predicted molar refractivity (Wildman–Crippen MR) is 66.5 cm³/mol. The number of nitriles is 1. The molecule has 0 saturated carbocycles. The second-order valence-electron chi connectivity index (χ2n) is 3.41. The van der Waals surface area contributed by atoms with Crippen molar-refractivity contribution in [1.29, 1.82) is 5.26 Å². The molecule has 4 nitrogen and oxygen atoms in total. The highest BCUT2D eigenvalue weighted by Gasteiger charge is 2.05. The highest BCUT2D eigenvalue weighted by atomic mass is 79.9. The van der Waals surface area contributed by atoms with Crippen LogP contribution >= 0.6 is 15.9 Å². The lowest BCUT2D eigenvalue weighted by Gasteiger charge is -2.06. The third-order valence-corrected chi connectivity index (χ3v) is 2.92. The Hall–Kier alpha value is -1.93. The maximum absolute atomic E-state index is 11.8. The molecular weight excluding hydrogens is 282 g/mol. The van der Waals surface area contributed by atoms with Crippen LogP contribution < -0.4 is 5.56 Å². The van der Waals surface area contributed by atoms with Crippen LogP contribution in [0.1, 0.15) is 11.3 Å². The van der Waals surface area contributed by atoms with Gasteiger partial charge >= 0.3 is 0 Å². The third kappa shape index (κ3) is 2.43. The van der Waals surface area contributed by atoms with Gasteiger partial charge in [-0.25, -0.2) is 4.98 Å². The molecule has 0 atom stereocenters. The van der Waals surface area contributed by atoms with Gasteiger partial charge in [0.25, 0.3) is 5.56 Å². The molecule has 0 fully saturated rings. The molecule has 2 rings (SSSR count). The highest BCUT2D eigenvalue weighted by Crippen LogP contribution is 2.07. The van der Waals surface area contributed by atoms with Gasteiger partial charge in [-0.15, -0.1) is 0 Å². The van der Waals surface area contributed by atoms with E-state index in [0.29, 0.717) is 16.7 Å². The van der Waals surface area contributed by atoms with Crippen molar-refractivity contribution in [2.75, 3.05) is 0 Å². The molecule has 0 spiro atoms. The zero-order chi connectivity index (χ0) is 12.3. The Morgan fingerprint density at radius 1 is 1.41 bits per heavy atom. The molecular formula is C12H8BrN3O. The summed E-state index contributed by atoms with van der Waals surface area (Å²) in [5, 5.41) is 8.91. The van der Waals surface area contributed by atoms with Crippen LogP contribution in [0.15, 0.2) is 45.9 Å². The van der Waals surface area contributed by atoms with Crippen molar-refractivity contribution in [3.8, 4) is 6.07 Å². The molecule has 0 radical (unpaired) electrons. The van der Waals surface area contributed by atoms with Crippen molar-refractivity contribution in [2.24, 2.45) is 0 Å². The Kier molecular flexibility index (Phi) is 3.35. The molecule has 2 aromatic rings. The van der Waals surface area contributed by atoms with E-state index < -0.39 is 0 Å². The van der Waals surface area contributed by atoms with Gasteiger partial charge in [0, 0.05) is 18.0 Å². The second-order valence-corrected chi connectivity index (χ2v) is 4.27. The van der Waals surface area contributed by atoms with E-state index in [1.165, 1.54) is 4.57 Å². The number of rotatable bonds is 2. The van der Waals surface area contributed by atoms with Crippen LogP contribution in [0.3, 0.4) is 0 Å². The number of aromatic nitrogens is 2. The smallest absolute Gasteiger partial charge is 0.265 e. The standard InChI is InChI=1S/C12H8BrN3O/c13-10-4-2-6-16(12(10)17)8-9-3-1-5-15-11(9)7-14/h1-6H,8H2. The molecule has 0 saturated heterocycles. The number of halogens is 1. The minimum atomic E-state index is -0.125. The van der Waals surface area contributed by atoms with E-state index in [9.17, 15) is 4.79 Å². The summed E-state index contributed by atoms with van der Waals surface area (Å²) < 4.78 is 2.03. The number of hydrogen-bond donors (Lipinski definition) is 0. The Morgan fingerprint density at radius 2 is 2.24 bits per heavy atom. The van der Waals surface area contributed by atoms with Gasteiger partial charge in [-0.3, -0.25) is 4.79 Å². The fourth-order valence-corrected chi connectivity index (χ4v) is 1.86. The van der Waals surface area contributed by atoms with Gasteiger partial charge < -0.3 is 4.57 Å². The first-order chi connectivity index (χ1) is 8.22. The summed E-state index contributed by atoms with van der Waals surface area (Å²) in [5.74, 6) is 0. The number of nitrogens with zero attached hydrogens (tertiary/aromatic N) is 3. The van der Waals surface area contributed by atoms with Gasteiger partial charge in [-0.2, -0.15) is 5.26 Å². The van der Waals surface area contributed by atoms with E-state index in [4.69, 9.17) is 5.26 Å². The Morgan fingerprint density at radius 3 is 3.00 bits per heavy atom. The van der Waals surface area contributed by atoms with Crippen molar-refractivity contribution in [1.82, 2.24) is 9.55 Å². The van der Waals surface area contributed by atoms with E-state index in [1.807, 2.05) is 6.07 Å². The lowest BCUT2D eigenvalue weighted by atomic mass is 10.2. The van der Waals surface area contributed by atoms with Crippen molar-refractivity contribution in [3.63, 3.8) is 0 Å². The molecule has 84 valence electrons. The molecule has 17 heavy (non-hydrogen) atoms. The summed E-state index contributed by atoms with van der Waals surface area (Å²) in [5.41, 5.74) is 0.954. The fraction of sp³-hybridized carbons (Fsp3) is 0.0833. The summed E-state index contributed by atoms with van der Waals surface area (Å²) >= 11 is 3.18. The summed E-state index contributed by atoms with van der Waals surface area (Å²) in [4.78, 5) is 15.7. The van der Waals surface area contributed by atoms with E-state index in [2.05, 4.69) is 20.9 Å². The first-order valence-corrected chi connectivity index (χ1v) is 5.70. The van der Waals surface area contributed by atoms with Crippen LogP contribution in [-0.4, -0.2) is 9.55 Å². The lowest BCUT2D eigenvalue weighted by Crippen LogP contribution is -2.20. The Labute approximate surface area is 106 Å². The van der Waals surface area contributed by atoms with E-state index in [1.54, 1.807) is 36.7 Å². The molecule has 0 amide bonds. The number of pyridine rings is 2. The SMILES string of the molecule is N#Cc1ncccc1Cn1cccc(Br)c1=O. The third-order valence-electron chi connectivity index (χ3n) is 2.31. The quantitative estimate of drug-likeness (QED) is 0.849. The topological polar surface area (TPSA) is 58.7 Å². The predicted octanol–water partition coefficient (Wildman–Crippen LogP) is 1.93. The molecule has 0 N–H and O–H groups in total. The van der Waals surface area contributed by atoms with Gasteiger partial charge in [-0.1, -0.05) is 6.07 Å². The minimum Gasteiger partial charge on any atom is -0.310 e. The zero-order valence-electron chi connectivity index (χ0n) is 8.80. The largest absolute Gasteiger partial charge is 0.310 e. The van der Waals surface area contributed by atoms with Gasteiger partial charge in [0.05, 0.1) is 11.0 Å². The van der Waals surface area contributed by atoms with Crippen molar-refractivity contribution < 1.29 is 0 Å². The average molecular weight is 290 g/mol. The van der Waals surface area contributed by atoms with Gasteiger partial charge in [0.1, 0.15) is 11.8 Å². The Bertz CT molecular complexity index is 643. The highest BCUT2D eigenvalue weighted by molar-refractivity contribution is 9.10. The summed E-state index contributed by atoms with van der Waals surface area (Å²) in [6, 6.07) is 9.01. The van der Waals surface area contributed by atoms with E-state index in [-0.39, 0.29) is 5.56 Å². The molecule has 5 heteroatoms. The molecule has 0 aliphatic carbocycles. The molecule has 0 bridgehead atoms. The second kappa shape index (κ2) is 4.93. The summed E-state index contributed by atoms with van der Waals surface area (Å²) in [6.07, 6.45) is 3.24. The maximum atomic E-state index is 11.8. The monoisotopic (exact) mass is 289 g/mol. The minimum absolute atomic E-state index is 0.125. The van der Waals surface area contributed by atoms with Crippen LogP contribution in [-0.2, 0) is 6.54 Å².